The Morgan fingerprint density at radius 2 is 1.38 bits per heavy atom. The van der Waals surface area contributed by atoms with Gasteiger partial charge in [0.25, 0.3) is 0 Å². The second kappa shape index (κ2) is 5.89. The number of hydrazine groups is 1. The zero-order valence-corrected chi connectivity index (χ0v) is 15.7. The van der Waals surface area contributed by atoms with Gasteiger partial charge in [-0.1, -0.05) is 69.3 Å². The van der Waals surface area contributed by atoms with Crippen LogP contribution in [-0.2, 0) is 5.41 Å². The minimum absolute atomic E-state index is 0.00592. The van der Waals surface area contributed by atoms with Crippen molar-refractivity contribution in [3.63, 3.8) is 0 Å². The third kappa shape index (κ3) is 2.56. The molecule has 26 heavy (non-hydrogen) atoms. The number of rotatable bonds is 2. The van der Waals surface area contributed by atoms with Gasteiger partial charge in [0.05, 0.1) is 5.69 Å². The Labute approximate surface area is 154 Å². The number of fused-ring (bicyclic) bond motifs is 3. The molecule has 0 amide bonds. The van der Waals surface area contributed by atoms with Crippen LogP contribution in [0.15, 0.2) is 65.1 Å². The van der Waals surface area contributed by atoms with E-state index in [-0.39, 0.29) is 5.41 Å². The maximum absolute atomic E-state index is 6.50. The van der Waals surface area contributed by atoms with Crippen molar-refractivity contribution in [1.29, 1.82) is 0 Å². The fraction of sp³-hybridized carbons (Fsp3) is 0.217. The van der Waals surface area contributed by atoms with Gasteiger partial charge in [-0.2, -0.15) is 0 Å². The second-order valence-electron chi connectivity index (χ2n) is 7.84. The summed E-state index contributed by atoms with van der Waals surface area (Å²) in [5, 5.41) is 3.94. The minimum Gasteiger partial charge on any atom is -0.453 e. The Balaban J connectivity index is 1.99. The van der Waals surface area contributed by atoms with E-state index in [4.69, 9.17) is 10.3 Å². The highest BCUT2D eigenvalue weighted by molar-refractivity contribution is 6.10. The van der Waals surface area contributed by atoms with Crippen LogP contribution in [0.1, 0.15) is 31.9 Å². The monoisotopic (exact) mass is 344 g/mol. The van der Waals surface area contributed by atoms with Crippen molar-refractivity contribution < 1.29 is 4.42 Å². The molecule has 0 aliphatic carbocycles. The molecule has 4 rings (SSSR count). The highest BCUT2D eigenvalue weighted by atomic mass is 16.3. The van der Waals surface area contributed by atoms with Crippen LogP contribution in [0.5, 0.6) is 0 Å². The number of anilines is 2. The van der Waals surface area contributed by atoms with Crippen molar-refractivity contribution in [2.24, 2.45) is 5.84 Å². The average Bonchev–Trinajstić information content (AvgIpc) is 2.99. The third-order valence-corrected chi connectivity index (χ3v) is 4.95. The van der Waals surface area contributed by atoms with Crippen molar-refractivity contribution in [1.82, 2.24) is 0 Å². The molecule has 3 heteroatoms. The van der Waals surface area contributed by atoms with Crippen molar-refractivity contribution in [2.75, 3.05) is 5.01 Å². The predicted octanol–water partition coefficient (Wildman–Crippen LogP) is 6.20. The Morgan fingerprint density at radius 1 is 0.769 bits per heavy atom. The maximum Gasteiger partial charge on any atom is 0.160 e. The van der Waals surface area contributed by atoms with Gasteiger partial charge in [-0.3, -0.25) is 5.01 Å². The maximum atomic E-state index is 6.50. The SMILES string of the molecule is Cc1ccccc1N(N)c1cccc2c1oc1c(C(C)(C)C)cccc12. The van der Waals surface area contributed by atoms with Gasteiger partial charge in [0.15, 0.2) is 5.58 Å². The summed E-state index contributed by atoms with van der Waals surface area (Å²) in [6.45, 7) is 8.68. The molecule has 3 aromatic carbocycles. The lowest BCUT2D eigenvalue weighted by Crippen LogP contribution is -2.25. The molecule has 0 aliphatic rings. The van der Waals surface area contributed by atoms with Crippen LogP contribution in [0.2, 0.25) is 0 Å². The zero-order chi connectivity index (χ0) is 18.5. The number of nitrogens with zero attached hydrogens (tertiary/aromatic N) is 1. The third-order valence-electron chi connectivity index (χ3n) is 4.95. The summed E-state index contributed by atoms with van der Waals surface area (Å²) in [5.41, 5.74) is 5.94. The molecule has 0 saturated heterocycles. The van der Waals surface area contributed by atoms with Gasteiger partial charge in [-0.05, 0) is 30.0 Å². The second-order valence-corrected chi connectivity index (χ2v) is 7.84. The van der Waals surface area contributed by atoms with Crippen LogP contribution < -0.4 is 10.9 Å². The summed E-state index contributed by atoms with van der Waals surface area (Å²) in [4.78, 5) is 0. The summed E-state index contributed by atoms with van der Waals surface area (Å²) in [6.07, 6.45) is 0. The molecule has 0 radical (unpaired) electrons. The fourth-order valence-electron chi connectivity index (χ4n) is 3.55. The molecule has 132 valence electrons. The van der Waals surface area contributed by atoms with E-state index in [9.17, 15) is 0 Å². The van der Waals surface area contributed by atoms with Crippen LogP contribution in [0.3, 0.4) is 0 Å². The fourth-order valence-corrected chi connectivity index (χ4v) is 3.55. The molecule has 2 N–H and O–H groups in total. The predicted molar refractivity (Wildman–Crippen MR) is 110 cm³/mol. The van der Waals surface area contributed by atoms with Gasteiger partial charge < -0.3 is 4.42 Å². The van der Waals surface area contributed by atoms with Gasteiger partial charge in [0.2, 0.25) is 0 Å². The van der Waals surface area contributed by atoms with Crippen molar-refractivity contribution in [3.8, 4) is 0 Å². The van der Waals surface area contributed by atoms with Crippen LogP contribution in [0.25, 0.3) is 21.9 Å². The molecule has 0 saturated carbocycles. The zero-order valence-electron chi connectivity index (χ0n) is 15.7. The Kier molecular flexibility index (Phi) is 3.78. The molecule has 0 bridgehead atoms. The average molecular weight is 344 g/mol. The Morgan fingerprint density at radius 3 is 2.08 bits per heavy atom. The normalized spacial score (nSPS) is 12.0. The quantitative estimate of drug-likeness (QED) is 0.347. The minimum atomic E-state index is 0.00592. The van der Waals surface area contributed by atoms with E-state index in [2.05, 4.69) is 58.0 Å². The van der Waals surface area contributed by atoms with Crippen LogP contribution in [0.4, 0.5) is 11.4 Å². The lowest BCUT2D eigenvalue weighted by molar-refractivity contribution is 0.573. The Hall–Kier alpha value is -2.78. The van der Waals surface area contributed by atoms with Crippen molar-refractivity contribution >= 4 is 33.3 Å². The molecule has 0 atom stereocenters. The van der Waals surface area contributed by atoms with Crippen LogP contribution >= 0.6 is 0 Å². The highest BCUT2D eigenvalue weighted by Crippen LogP contribution is 2.40. The van der Waals surface area contributed by atoms with Gasteiger partial charge in [0, 0.05) is 16.3 Å². The van der Waals surface area contributed by atoms with Gasteiger partial charge in [-0.15, -0.1) is 0 Å². The molecule has 4 aromatic rings. The summed E-state index contributed by atoms with van der Waals surface area (Å²) >= 11 is 0. The van der Waals surface area contributed by atoms with E-state index in [1.54, 1.807) is 5.01 Å². The van der Waals surface area contributed by atoms with Crippen LogP contribution in [0, 0.1) is 6.92 Å². The van der Waals surface area contributed by atoms with E-state index in [0.29, 0.717) is 0 Å². The number of hydrogen-bond acceptors (Lipinski definition) is 3. The summed E-state index contributed by atoms with van der Waals surface area (Å²) in [7, 11) is 0. The molecular weight excluding hydrogens is 320 g/mol. The van der Waals surface area contributed by atoms with Crippen LogP contribution in [-0.4, -0.2) is 0 Å². The van der Waals surface area contributed by atoms with E-state index in [1.807, 2.05) is 30.3 Å². The summed E-state index contributed by atoms with van der Waals surface area (Å²) < 4.78 is 6.40. The number of benzene rings is 3. The Bertz CT molecular complexity index is 1100. The first-order valence-corrected chi connectivity index (χ1v) is 8.93. The van der Waals surface area contributed by atoms with E-state index in [1.165, 1.54) is 5.56 Å². The number of para-hydroxylation sites is 3. The lowest BCUT2D eigenvalue weighted by Gasteiger charge is -2.21. The van der Waals surface area contributed by atoms with E-state index >= 15 is 0 Å². The largest absolute Gasteiger partial charge is 0.453 e. The number of hydrogen-bond donors (Lipinski definition) is 1. The molecule has 3 nitrogen and oxygen atoms in total. The molecule has 0 aliphatic heterocycles. The molecule has 0 spiro atoms. The summed E-state index contributed by atoms with van der Waals surface area (Å²) in [5.74, 6) is 6.50. The topological polar surface area (TPSA) is 42.4 Å². The van der Waals surface area contributed by atoms with Gasteiger partial charge in [0.1, 0.15) is 11.3 Å². The van der Waals surface area contributed by atoms with Gasteiger partial charge in [-0.25, -0.2) is 5.84 Å². The standard InChI is InChI=1S/C23H24N2O/c1-15-9-5-6-13-19(15)25(24)20-14-8-11-17-16-10-7-12-18(23(2,3)4)21(16)26-22(17)20/h5-14H,24H2,1-4H3. The first kappa shape index (κ1) is 16.7. The molecular formula is C23H24N2O. The molecule has 0 unspecified atom stereocenters. The lowest BCUT2D eigenvalue weighted by atomic mass is 9.86. The summed E-state index contributed by atoms with van der Waals surface area (Å²) in [6, 6.07) is 20.6. The molecule has 1 heterocycles. The van der Waals surface area contributed by atoms with Gasteiger partial charge >= 0.3 is 0 Å². The number of nitrogens with two attached hydrogens (primary N) is 1. The smallest absolute Gasteiger partial charge is 0.160 e. The number of aryl methyl sites for hydroxylation is 1. The first-order valence-electron chi connectivity index (χ1n) is 8.93. The first-order chi connectivity index (χ1) is 12.4. The number of furan rings is 1. The van der Waals surface area contributed by atoms with Crippen molar-refractivity contribution in [2.45, 2.75) is 33.1 Å². The molecule has 0 fully saturated rings. The highest BCUT2D eigenvalue weighted by Gasteiger charge is 2.22. The van der Waals surface area contributed by atoms with E-state index < -0.39 is 0 Å². The van der Waals surface area contributed by atoms with E-state index in [0.717, 1.165) is 38.9 Å². The van der Waals surface area contributed by atoms with Crippen molar-refractivity contribution in [3.05, 3.63) is 71.8 Å². The molecule has 1 aromatic heterocycles.